The molecule has 2 amide bonds. The first-order valence-electron chi connectivity index (χ1n) is 7.83. The Kier molecular flexibility index (Phi) is 6.17. The summed E-state index contributed by atoms with van der Waals surface area (Å²) >= 11 is 0. The number of carbonyl (C=O) groups is 2. The molecule has 2 aromatic rings. The van der Waals surface area contributed by atoms with Crippen molar-refractivity contribution in [2.24, 2.45) is 0 Å². The molecule has 0 radical (unpaired) electrons. The molecule has 0 unspecified atom stereocenters. The number of nitrogens with zero attached hydrogens (tertiary/aromatic N) is 1. The zero-order valence-electron chi connectivity index (χ0n) is 13.7. The molecular formula is C17H24N4O2. The van der Waals surface area contributed by atoms with Gasteiger partial charge in [0, 0.05) is 30.2 Å². The van der Waals surface area contributed by atoms with E-state index in [0.717, 1.165) is 29.4 Å². The van der Waals surface area contributed by atoms with Crippen LogP contribution in [0.1, 0.15) is 12.0 Å². The Balaban J connectivity index is 1.71. The Morgan fingerprint density at radius 3 is 2.52 bits per heavy atom. The van der Waals surface area contributed by atoms with Crippen molar-refractivity contribution in [2.45, 2.75) is 12.8 Å². The van der Waals surface area contributed by atoms with Gasteiger partial charge >= 0.3 is 11.8 Å². The van der Waals surface area contributed by atoms with Gasteiger partial charge in [-0.15, -0.1) is 0 Å². The van der Waals surface area contributed by atoms with Crippen molar-refractivity contribution in [2.75, 3.05) is 33.7 Å². The van der Waals surface area contributed by atoms with E-state index in [4.69, 9.17) is 0 Å². The first-order chi connectivity index (χ1) is 11.1. The zero-order valence-corrected chi connectivity index (χ0v) is 13.7. The van der Waals surface area contributed by atoms with E-state index in [9.17, 15) is 9.59 Å². The zero-order chi connectivity index (χ0) is 16.7. The predicted octanol–water partition coefficient (Wildman–Crippen LogP) is 0.895. The summed E-state index contributed by atoms with van der Waals surface area (Å²) in [7, 11) is 3.94. The van der Waals surface area contributed by atoms with Crippen LogP contribution in [0, 0.1) is 0 Å². The number of aromatic amines is 1. The van der Waals surface area contributed by atoms with Gasteiger partial charge in [0.1, 0.15) is 0 Å². The smallest absolute Gasteiger partial charge is 0.309 e. The molecule has 6 nitrogen and oxygen atoms in total. The van der Waals surface area contributed by atoms with Gasteiger partial charge in [-0.3, -0.25) is 9.59 Å². The molecule has 0 fully saturated rings. The largest absolute Gasteiger partial charge is 0.361 e. The fourth-order valence-electron chi connectivity index (χ4n) is 2.41. The van der Waals surface area contributed by atoms with Crippen LogP contribution < -0.4 is 10.6 Å². The van der Waals surface area contributed by atoms with Crippen molar-refractivity contribution >= 4 is 22.7 Å². The van der Waals surface area contributed by atoms with Crippen LogP contribution in [0.2, 0.25) is 0 Å². The molecule has 0 aliphatic rings. The van der Waals surface area contributed by atoms with Gasteiger partial charge in [-0.05, 0) is 45.1 Å². The topological polar surface area (TPSA) is 77.2 Å². The maximum Gasteiger partial charge on any atom is 0.309 e. The summed E-state index contributed by atoms with van der Waals surface area (Å²) in [5, 5.41) is 6.44. The highest BCUT2D eigenvalue weighted by atomic mass is 16.2. The Morgan fingerprint density at radius 2 is 1.78 bits per heavy atom. The Hall–Kier alpha value is -2.34. The number of hydrogen-bond donors (Lipinski definition) is 3. The summed E-state index contributed by atoms with van der Waals surface area (Å²) in [6.07, 6.45) is 3.45. The van der Waals surface area contributed by atoms with Crippen LogP contribution in [-0.4, -0.2) is 55.4 Å². The van der Waals surface area contributed by atoms with E-state index < -0.39 is 11.8 Å². The molecule has 1 heterocycles. The standard InChI is InChI=1S/C17H24N4O2/c1-21(2)11-5-9-18-16(22)17(23)19-10-8-13-12-20-15-7-4-3-6-14(13)15/h3-4,6-7,12,20H,5,8-11H2,1-2H3,(H,18,22)(H,19,23). The normalized spacial score (nSPS) is 10.9. The Labute approximate surface area is 136 Å². The van der Waals surface area contributed by atoms with Crippen molar-refractivity contribution in [3.63, 3.8) is 0 Å². The van der Waals surface area contributed by atoms with Crippen molar-refractivity contribution in [3.8, 4) is 0 Å². The van der Waals surface area contributed by atoms with Crippen molar-refractivity contribution < 1.29 is 9.59 Å². The molecule has 6 heteroatoms. The number of fused-ring (bicyclic) bond motifs is 1. The highest BCUT2D eigenvalue weighted by Crippen LogP contribution is 2.17. The van der Waals surface area contributed by atoms with Gasteiger partial charge in [0.2, 0.25) is 0 Å². The van der Waals surface area contributed by atoms with E-state index >= 15 is 0 Å². The van der Waals surface area contributed by atoms with Crippen LogP contribution in [-0.2, 0) is 16.0 Å². The first kappa shape index (κ1) is 17.0. The number of aromatic nitrogens is 1. The highest BCUT2D eigenvalue weighted by molar-refractivity contribution is 6.35. The quantitative estimate of drug-likeness (QED) is 0.524. The summed E-state index contributed by atoms with van der Waals surface area (Å²) in [4.78, 5) is 28.6. The van der Waals surface area contributed by atoms with Crippen LogP contribution in [0.4, 0.5) is 0 Å². The number of hydrogen-bond acceptors (Lipinski definition) is 3. The van der Waals surface area contributed by atoms with E-state index in [1.807, 2.05) is 49.5 Å². The predicted molar refractivity (Wildman–Crippen MR) is 91.2 cm³/mol. The minimum Gasteiger partial charge on any atom is -0.361 e. The van der Waals surface area contributed by atoms with E-state index in [1.54, 1.807) is 0 Å². The summed E-state index contributed by atoms with van der Waals surface area (Å²) in [6, 6.07) is 8.02. The van der Waals surface area contributed by atoms with E-state index in [0.29, 0.717) is 19.5 Å². The van der Waals surface area contributed by atoms with Crippen LogP contribution in [0.15, 0.2) is 30.5 Å². The number of H-pyrrole nitrogens is 1. The molecule has 1 aromatic heterocycles. The van der Waals surface area contributed by atoms with Gasteiger partial charge in [0.25, 0.3) is 0 Å². The molecule has 1 aromatic carbocycles. The van der Waals surface area contributed by atoms with Gasteiger partial charge in [0.15, 0.2) is 0 Å². The Morgan fingerprint density at radius 1 is 1.09 bits per heavy atom. The molecule has 2 rings (SSSR count). The fourth-order valence-corrected chi connectivity index (χ4v) is 2.41. The molecule has 0 bridgehead atoms. The number of nitrogens with one attached hydrogen (secondary N) is 3. The highest BCUT2D eigenvalue weighted by Gasteiger charge is 2.12. The minimum absolute atomic E-state index is 0.436. The van der Waals surface area contributed by atoms with Crippen LogP contribution in [0.3, 0.4) is 0 Å². The van der Waals surface area contributed by atoms with E-state index in [1.165, 1.54) is 0 Å². The monoisotopic (exact) mass is 316 g/mol. The third-order valence-corrected chi connectivity index (χ3v) is 3.63. The number of carbonyl (C=O) groups excluding carboxylic acids is 2. The molecule has 0 saturated heterocycles. The average Bonchev–Trinajstić information content (AvgIpc) is 2.94. The second kappa shape index (κ2) is 8.33. The second-order valence-corrected chi connectivity index (χ2v) is 5.78. The fraction of sp³-hybridized carbons (Fsp3) is 0.412. The third kappa shape index (κ3) is 5.10. The summed E-state index contributed by atoms with van der Waals surface area (Å²) in [5.41, 5.74) is 2.21. The number of benzene rings is 1. The molecule has 0 atom stereocenters. The molecule has 124 valence electrons. The summed E-state index contributed by atoms with van der Waals surface area (Å²) < 4.78 is 0. The van der Waals surface area contributed by atoms with Gasteiger partial charge in [0.05, 0.1) is 0 Å². The van der Waals surface area contributed by atoms with Gasteiger partial charge < -0.3 is 20.5 Å². The number of amides is 2. The molecule has 0 saturated carbocycles. The summed E-state index contributed by atoms with van der Waals surface area (Å²) in [5.74, 6) is -1.14. The van der Waals surface area contributed by atoms with E-state index in [2.05, 4.69) is 15.6 Å². The minimum atomic E-state index is -0.574. The lowest BCUT2D eigenvalue weighted by atomic mass is 10.1. The average molecular weight is 316 g/mol. The van der Waals surface area contributed by atoms with Crippen molar-refractivity contribution in [1.29, 1.82) is 0 Å². The lowest BCUT2D eigenvalue weighted by Crippen LogP contribution is -2.41. The molecule has 23 heavy (non-hydrogen) atoms. The second-order valence-electron chi connectivity index (χ2n) is 5.78. The third-order valence-electron chi connectivity index (χ3n) is 3.63. The lowest BCUT2D eigenvalue weighted by Gasteiger charge is -2.10. The molecule has 0 spiro atoms. The SMILES string of the molecule is CN(C)CCCNC(=O)C(=O)NCCc1c[nH]c2ccccc12. The van der Waals surface area contributed by atoms with Crippen molar-refractivity contribution in [1.82, 2.24) is 20.5 Å². The molecular weight excluding hydrogens is 292 g/mol. The van der Waals surface area contributed by atoms with Crippen LogP contribution in [0.25, 0.3) is 10.9 Å². The number of para-hydroxylation sites is 1. The first-order valence-corrected chi connectivity index (χ1v) is 7.83. The maximum absolute atomic E-state index is 11.7. The van der Waals surface area contributed by atoms with E-state index in [-0.39, 0.29) is 0 Å². The molecule has 3 N–H and O–H groups in total. The Bertz CT molecular complexity index is 663. The lowest BCUT2D eigenvalue weighted by molar-refractivity contribution is -0.139. The van der Waals surface area contributed by atoms with Crippen LogP contribution in [0.5, 0.6) is 0 Å². The van der Waals surface area contributed by atoms with Gasteiger partial charge in [-0.1, -0.05) is 18.2 Å². The number of rotatable bonds is 7. The van der Waals surface area contributed by atoms with Gasteiger partial charge in [-0.2, -0.15) is 0 Å². The summed E-state index contributed by atoms with van der Waals surface area (Å²) in [6.45, 7) is 1.82. The van der Waals surface area contributed by atoms with Crippen molar-refractivity contribution in [3.05, 3.63) is 36.0 Å². The van der Waals surface area contributed by atoms with Gasteiger partial charge in [-0.25, -0.2) is 0 Å². The van der Waals surface area contributed by atoms with Crippen LogP contribution >= 0.6 is 0 Å². The molecule has 0 aliphatic heterocycles. The maximum atomic E-state index is 11.7. The molecule has 0 aliphatic carbocycles.